The first-order chi connectivity index (χ1) is 14.0. The topological polar surface area (TPSA) is 222 Å². The molecule has 1 heterocycles. The van der Waals surface area contributed by atoms with Gasteiger partial charge in [-0.3, -0.25) is 24.0 Å². The number of rotatable bonds is 11. The second-order valence-electron chi connectivity index (χ2n) is 6.71. The third kappa shape index (κ3) is 7.18. The van der Waals surface area contributed by atoms with Gasteiger partial charge in [0.05, 0.1) is 18.9 Å². The Bertz CT molecular complexity index is 718. The van der Waals surface area contributed by atoms with Crippen molar-refractivity contribution in [1.29, 1.82) is 0 Å². The van der Waals surface area contributed by atoms with Crippen molar-refractivity contribution in [3.63, 3.8) is 0 Å². The summed E-state index contributed by atoms with van der Waals surface area (Å²) in [6, 6.07) is -5.19. The summed E-state index contributed by atoms with van der Waals surface area (Å²) in [5, 5.41) is 22.0. The molecule has 0 spiro atoms. The van der Waals surface area contributed by atoms with Crippen LogP contribution >= 0.6 is 12.6 Å². The molecule has 0 aliphatic carbocycles. The Morgan fingerprint density at radius 1 is 1.07 bits per heavy atom. The molecule has 1 aliphatic heterocycles. The van der Waals surface area contributed by atoms with Crippen LogP contribution in [-0.2, 0) is 28.8 Å². The summed E-state index contributed by atoms with van der Waals surface area (Å²) in [4.78, 5) is 71.8. The van der Waals surface area contributed by atoms with Crippen LogP contribution in [0.4, 0.5) is 0 Å². The lowest BCUT2D eigenvalue weighted by Crippen LogP contribution is -2.57. The summed E-state index contributed by atoms with van der Waals surface area (Å²) in [5.41, 5.74) is 10.8. The van der Waals surface area contributed by atoms with E-state index < -0.39 is 72.6 Å². The SMILES string of the molecule is NC(=O)CC(NC(=O)C1CCCN1C(=O)C(N)CS)C(=O)NC(CC(=O)O)C(=O)O. The lowest BCUT2D eigenvalue weighted by molar-refractivity contribution is -0.147. The Hall–Kier alpha value is -2.87. The zero-order valence-corrected chi connectivity index (χ0v) is 16.8. The molecule has 0 aromatic heterocycles. The van der Waals surface area contributed by atoms with Crippen LogP contribution in [0.5, 0.6) is 0 Å². The van der Waals surface area contributed by atoms with Gasteiger partial charge >= 0.3 is 11.9 Å². The predicted molar refractivity (Wildman–Crippen MR) is 104 cm³/mol. The smallest absolute Gasteiger partial charge is 0.326 e. The summed E-state index contributed by atoms with van der Waals surface area (Å²) >= 11 is 3.95. The van der Waals surface area contributed by atoms with Gasteiger partial charge in [0.2, 0.25) is 23.6 Å². The van der Waals surface area contributed by atoms with E-state index >= 15 is 0 Å². The molecule has 168 valence electrons. The fourth-order valence-electron chi connectivity index (χ4n) is 2.92. The van der Waals surface area contributed by atoms with Gasteiger partial charge in [0.25, 0.3) is 0 Å². The number of aliphatic carboxylic acids is 2. The molecule has 0 radical (unpaired) electrons. The maximum absolute atomic E-state index is 12.7. The van der Waals surface area contributed by atoms with E-state index in [0.717, 1.165) is 0 Å². The first kappa shape index (κ1) is 25.2. The van der Waals surface area contributed by atoms with Crippen LogP contribution in [0.1, 0.15) is 25.7 Å². The van der Waals surface area contributed by atoms with E-state index in [1.54, 1.807) is 0 Å². The highest BCUT2D eigenvalue weighted by Crippen LogP contribution is 2.19. The molecule has 1 rings (SSSR count). The average molecular weight is 447 g/mol. The molecule has 30 heavy (non-hydrogen) atoms. The standard InChI is InChI=1S/C16H25N5O8S/c17-7(6-30)15(27)21-3-1-2-10(21)14(26)19-8(4-11(18)22)13(25)20-9(16(28)29)5-12(23)24/h7-10,30H,1-6,17H2,(H2,18,22)(H,19,26)(H,20,25)(H,23,24)(H,28,29). The van der Waals surface area contributed by atoms with E-state index in [-0.39, 0.29) is 12.3 Å². The van der Waals surface area contributed by atoms with Crippen molar-refractivity contribution in [2.24, 2.45) is 11.5 Å². The fraction of sp³-hybridized carbons (Fsp3) is 0.625. The zero-order valence-electron chi connectivity index (χ0n) is 15.9. The van der Waals surface area contributed by atoms with Crippen LogP contribution in [0, 0.1) is 0 Å². The number of amides is 4. The zero-order chi connectivity index (χ0) is 23.0. The Morgan fingerprint density at radius 3 is 2.20 bits per heavy atom. The summed E-state index contributed by atoms with van der Waals surface area (Å²) in [6.07, 6.45) is -0.771. The van der Waals surface area contributed by atoms with E-state index in [2.05, 4.69) is 17.9 Å². The Labute approximate surface area is 176 Å². The maximum Gasteiger partial charge on any atom is 0.326 e. The maximum atomic E-state index is 12.7. The highest BCUT2D eigenvalue weighted by Gasteiger charge is 2.38. The van der Waals surface area contributed by atoms with Gasteiger partial charge < -0.3 is 37.2 Å². The minimum absolute atomic E-state index is 0.0660. The number of carboxylic acid groups (broad SMARTS) is 2. The van der Waals surface area contributed by atoms with E-state index in [1.807, 2.05) is 5.32 Å². The minimum atomic E-state index is -1.78. The summed E-state index contributed by atoms with van der Waals surface area (Å²) < 4.78 is 0. The number of likely N-dealkylation sites (tertiary alicyclic amines) is 1. The second-order valence-corrected chi connectivity index (χ2v) is 7.07. The molecular formula is C16H25N5O8S. The van der Waals surface area contributed by atoms with Crippen LogP contribution in [0.2, 0.25) is 0 Å². The molecule has 8 N–H and O–H groups in total. The lowest BCUT2D eigenvalue weighted by Gasteiger charge is -2.28. The fourth-order valence-corrected chi connectivity index (χ4v) is 3.08. The largest absolute Gasteiger partial charge is 0.481 e. The van der Waals surface area contributed by atoms with Crippen LogP contribution in [-0.4, -0.2) is 87.1 Å². The molecule has 14 heteroatoms. The van der Waals surface area contributed by atoms with Crippen LogP contribution < -0.4 is 22.1 Å². The van der Waals surface area contributed by atoms with Gasteiger partial charge in [-0.05, 0) is 12.8 Å². The van der Waals surface area contributed by atoms with Crippen molar-refractivity contribution < 1.29 is 39.0 Å². The van der Waals surface area contributed by atoms with Crippen LogP contribution in [0.15, 0.2) is 0 Å². The number of nitrogens with one attached hydrogen (secondary N) is 2. The molecule has 13 nitrogen and oxygen atoms in total. The number of carbonyl (C=O) groups is 6. The molecule has 1 fully saturated rings. The van der Waals surface area contributed by atoms with Gasteiger partial charge in [-0.2, -0.15) is 12.6 Å². The summed E-state index contributed by atoms with van der Waals surface area (Å²) in [7, 11) is 0. The number of carboxylic acids is 2. The predicted octanol–water partition coefficient (Wildman–Crippen LogP) is -3.36. The van der Waals surface area contributed by atoms with Gasteiger partial charge in [0.1, 0.15) is 18.1 Å². The van der Waals surface area contributed by atoms with Crippen LogP contribution in [0.25, 0.3) is 0 Å². The van der Waals surface area contributed by atoms with Crippen molar-refractivity contribution in [3.05, 3.63) is 0 Å². The Morgan fingerprint density at radius 2 is 1.70 bits per heavy atom. The van der Waals surface area contributed by atoms with Gasteiger partial charge in [-0.25, -0.2) is 4.79 Å². The molecule has 0 aromatic rings. The minimum Gasteiger partial charge on any atom is -0.481 e. The van der Waals surface area contributed by atoms with Crippen molar-refractivity contribution in [3.8, 4) is 0 Å². The Kier molecular flexibility index (Phi) is 9.52. The number of primary amides is 1. The normalized spacial score (nSPS) is 18.7. The van der Waals surface area contributed by atoms with E-state index in [1.165, 1.54) is 4.90 Å². The molecule has 4 amide bonds. The van der Waals surface area contributed by atoms with Gasteiger partial charge in [-0.15, -0.1) is 0 Å². The third-order valence-electron chi connectivity index (χ3n) is 4.38. The molecule has 0 aromatic carbocycles. The highest BCUT2D eigenvalue weighted by molar-refractivity contribution is 7.80. The number of nitrogens with two attached hydrogens (primary N) is 2. The second kappa shape index (κ2) is 11.3. The van der Waals surface area contributed by atoms with Crippen molar-refractivity contribution >= 4 is 48.2 Å². The van der Waals surface area contributed by atoms with E-state index in [0.29, 0.717) is 12.8 Å². The number of hydrogen-bond acceptors (Lipinski definition) is 8. The van der Waals surface area contributed by atoms with Gasteiger partial charge in [0.15, 0.2) is 0 Å². The summed E-state index contributed by atoms with van der Waals surface area (Å²) in [6.45, 7) is 0.269. The monoisotopic (exact) mass is 447 g/mol. The molecule has 1 aliphatic rings. The number of thiol groups is 1. The van der Waals surface area contributed by atoms with Crippen molar-refractivity contribution in [1.82, 2.24) is 15.5 Å². The molecule has 0 saturated carbocycles. The van der Waals surface area contributed by atoms with Crippen molar-refractivity contribution in [2.75, 3.05) is 12.3 Å². The lowest BCUT2D eigenvalue weighted by atomic mass is 10.1. The van der Waals surface area contributed by atoms with E-state index in [9.17, 15) is 28.8 Å². The number of hydrogen-bond donors (Lipinski definition) is 7. The molecule has 1 saturated heterocycles. The summed E-state index contributed by atoms with van der Waals surface area (Å²) in [5.74, 6) is -6.32. The van der Waals surface area contributed by atoms with Gasteiger partial charge in [-0.1, -0.05) is 0 Å². The molecule has 4 atom stereocenters. The van der Waals surface area contributed by atoms with Gasteiger partial charge in [0, 0.05) is 12.3 Å². The Balaban J connectivity index is 2.93. The number of nitrogens with zero attached hydrogens (tertiary/aromatic N) is 1. The van der Waals surface area contributed by atoms with Crippen LogP contribution in [0.3, 0.4) is 0 Å². The molecule has 0 bridgehead atoms. The molecule has 4 unspecified atom stereocenters. The third-order valence-corrected chi connectivity index (χ3v) is 4.78. The first-order valence-electron chi connectivity index (χ1n) is 8.98. The van der Waals surface area contributed by atoms with E-state index in [4.69, 9.17) is 21.7 Å². The molecular weight excluding hydrogens is 422 g/mol. The quantitative estimate of drug-likeness (QED) is 0.157. The first-order valence-corrected chi connectivity index (χ1v) is 9.61. The average Bonchev–Trinajstić information content (AvgIpc) is 3.14. The van der Waals surface area contributed by atoms with Crippen molar-refractivity contribution in [2.45, 2.75) is 49.9 Å². The number of carbonyl (C=O) groups excluding carboxylic acids is 4. The highest BCUT2D eigenvalue weighted by atomic mass is 32.1.